The summed E-state index contributed by atoms with van der Waals surface area (Å²) in [5.74, 6) is 1.05. The van der Waals surface area contributed by atoms with Gasteiger partial charge in [0.1, 0.15) is 0 Å². The molecule has 1 unspecified atom stereocenters. The number of carbonyl (C=O) groups excluding carboxylic acids is 1. The van der Waals surface area contributed by atoms with Crippen LogP contribution in [0.2, 0.25) is 0 Å². The normalized spacial score (nSPS) is 17.2. The number of fused-ring (bicyclic) bond motifs is 1. The minimum absolute atomic E-state index is 0.0252. The second kappa shape index (κ2) is 6.10. The highest BCUT2D eigenvalue weighted by atomic mass is 16.5. The molecule has 0 aromatic heterocycles. The van der Waals surface area contributed by atoms with Crippen LogP contribution < -0.4 is 14.8 Å². The molecule has 1 N–H and O–H groups in total. The van der Waals surface area contributed by atoms with Crippen LogP contribution >= 0.6 is 0 Å². The van der Waals surface area contributed by atoms with Crippen molar-refractivity contribution in [1.82, 2.24) is 5.32 Å². The highest BCUT2D eigenvalue weighted by Gasteiger charge is 2.28. The number of methoxy groups -OCH3 is 2. The van der Waals surface area contributed by atoms with Gasteiger partial charge in [0.25, 0.3) is 0 Å². The van der Waals surface area contributed by atoms with E-state index in [9.17, 15) is 4.79 Å². The van der Waals surface area contributed by atoms with Gasteiger partial charge in [-0.1, -0.05) is 30.3 Å². The van der Waals surface area contributed by atoms with Crippen LogP contribution in [0.5, 0.6) is 11.5 Å². The Morgan fingerprint density at radius 3 is 2.41 bits per heavy atom. The number of benzene rings is 2. The molecule has 1 atom stereocenters. The Kier molecular flexibility index (Phi) is 4.00. The van der Waals surface area contributed by atoms with E-state index in [1.54, 1.807) is 14.2 Å². The Morgan fingerprint density at radius 1 is 1.05 bits per heavy atom. The van der Waals surface area contributed by atoms with E-state index >= 15 is 0 Å². The van der Waals surface area contributed by atoms with Gasteiger partial charge in [-0.25, -0.2) is 0 Å². The van der Waals surface area contributed by atoms with E-state index in [4.69, 9.17) is 9.47 Å². The van der Waals surface area contributed by atoms with Crippen molar-refractivity contribution in [3.63, 3.8) is 0 Å². The summed E-state index contributed by atoms with van der Waals surface area (Å²) in [4.78, 5) is 12.5. The molecule has 4 nitrogen and oxygen atoms in total. The molecule has 0 bridgehead atoms. The van der Waals surface area contributed by atoms with Crippen LogP contribution in [0.1, 0.15) is 22.6 Å². The minimum atomic E-state index is -0.321. The summed E-state index contributed by atoms with van der Waals surface area (Å²) in [6, 6.07) is 13.7. The molecule has 1 aliphatic rings. The smallest absolute Gasteiger partial charge is 0.232 e. The van der Waals surface area contributed by atoms with Gasteiger partial charge in [0.2, 0.25) is 5.91 Å². The SMILES string of the molecule is COc1cc2c(cc1OC)C(c1ccccc1)C(=O)NCC2. The van der Waals surface area contributed by atoms with Crippen molar-refractivity contribution in [3.05, 3.63) is 59.2 Å². The van der Waals surface area contributed by atoms with Gasteiger partial charge < -0.3 is 14.8 Å². The van der Waals surface area contributed by atoms with Gasteiger partial charge in [-0.05, 0) is 35.2 Å². The van der Waals surface area contributed by atoms with Crippen LogP contribution in [0.15, 0.2) is 42.5 Å². The zero-order chi connectivity index (χ0) is 15.5. The van der Waals surface area contributed by atoms with E-state index in [-0.39, 0.29) is 11.8 Å². The minimum Gasteiger partial charge on any atom is -0.493 e. The first-order valence-electron chi connectivity index (χ1n) is 7.32. The molecule has 4 heteroatoms. The Morgan fingerprint density at radius 2 is 1.73 bits per heavy atom. The summed E-state index contributed by atoms with van der Waals surface area (Å²) in [6.07, 6.45) is 0.783. The van der Waals surface area contributed by atoms with E-state index in [0.717, 1.165) is 23.1 Å². The molecule has 0 aliphatic carbocycles. The molecule has 2 aromatic rings. The Labute approximate surface area is 130 Å². The van der Waals surface area contributed by atoms with Crippen molar-refractivity contribution >= 4 is 5.91 Å². The van der Waals surface area contributed by atoms with Crippen LogP contribution in [-0.4, -0.2) is 26.7 Å². The van der Waals surface area contributed by atoms with Crippen LogP contribution in [0.3, 0.4) is 0 Å². The zero-order valence-corrected chi connectivity index (χ0v) is 12.8. The highest BCUT2D eigenvalue weighted by molar-refractivity contribution is 5.88. The van der Waals surface area contributed by atoms with E-state index in [2.05, 4.69) is 5.32 Å². The van der Waals surface area contributed by atoms with Crippen molar-refractivity contribution in [3.8, 4) is 11.5 Å². The fourth-order valence-electron chi connectivity index (χ4n) is 2.96. The van der Waals surface area contributed by atoms with E-state index in [0.29, 0.717) is 18.0 Å². The van der Waals surface area contributed by atoms with Crippen molar-refractivity contribution in [1.29, 1.82) is 0 Å². The second-order valence-electron chi connectivity index (χ2n) is 5.29. The zero-order valence-electron chi connectivity index (χ0n) is 12.8. The maximum Gasteiger partial charge on any atom is 0.232 e. The maximum absolute atomic E-state index is 12.5. The molecular weight excluding hydrogens is 278 g/mol. The quantitative estimate of drug-likeness (QED) is 0.947. The average Bonchev–Trinajstić information content (AvgIpc) is 2.72. The van der Waals surface area contributed by atoms with Crippen molar-refractivity contribution in [2.45, 2.75) is 12.3 Å². The number of amides is 1. The molecule has 0 radical (unpaired) electrons. The predicted octanol–water partition coefficient (Wildman–Crippen LogP) is 2.51. The molecule has 2 aromatic carbocycles. The number of nitrogens with one attached hydrogen (secondary N) is 1. The van der Waals surface area contributed by atoms with E-state index < -0.39 is 0 Å². The lowest BCUT2D eigenvalue weighted by atomic mass is 9.87. The lowest BCUT2D eigenvalue weighted by Gasteiger charge is -2.19. The third-order valence-electron chi connectivity index (χ3n) is 4.05. The summed E-state index contributed by atoms with van der Waals surface area (Å²) in [5.41, 5.74) is 3.08. The molecule has 1 aliphatic heterocycles. The van der Waals surface area contributed by atoms with Gasteiger partial charge in [-0.15, -0.1) is 0 Å². The van der Waals surface area contributed by atoms with Gasteiger partial charge in [0.15, 0.2) is 11.5 Å². The Balaban J connectivity index is 2.18. The van der Waals surface area contributed by atoms with E-state index in [1.165, 1.54) is 0 Å². The molecule has 22 heavy (non-hydrogen) atoms. The Bertz CT molecular complexity index is 682. The molecule has 0 fully saturated rings. The van der Waals surface area contributed by atoms with Gasteiger partial charge in [0, 0.05) is 6.54 Å². The molecule has 0 spiro atoms. The summed E-state index contributed by atoms with van der Waals surface area (Å²) in [5, 5.41) is 2.99. The Hall–Kier alpha value is -2.49. The summed E-state index contributed by atoms with van der Waals surface area (Å²) in [7, 11) is 3.23. The van der Waals surface area contributed by atoms with Crippen LogP contribution in [0, 0.1) is 0 Å². The molecular formula is C18H19NO3. The number of ether oxygens (including phenoxy) is 2. The lowest BCUT2D eigenvalue weighted by molar-refractivity contribution is -0.121. The first-order valence-corrected chi connectivity index (χ1v) is 7.32. The molecule has 1 amide bonds. The lowest BCUT2D eigenvalue weighted by Crippen LogP contribution is -2.28. The maximum atomic E-state index is 12.5. The third-order valence-corrected chi connectivity index (χ3v) is 4.05. The second-order valence-corrected chi connectivity index (χ2v) is 5.29. The van der Waals surface area contributed by atoms with Crippen molar-refractivity contribution < 1.29 is 14.3 Å². The van der Waals surface area contributed by atoms with Gasteiger partial charge in [0.05, 0.1) is 20.1 Å². The fraction of sp³-hybridized carbons (Fsp3) is 0.278. The highest BCUT2D eigenvalue weighted by Crippen LogP contribution is 2.37. The first-order chi connectivity index (χ1) is 10.7. The topological polar surface area (TPSA) is 47.6 Å². The van der Waals surface area contributed by atoms with Crippen LogP contribution in [0.25, 0.3) is 0 Å². The van der Waals surface area contributed by atoms with Crippen molar-refractivity contribution in [2.24, 2.45) is 0 Å². The van der Waals surface area contributed by atoms with E-state index in [1.807, 2.05) is 42.5 Å². The standard InChI is InChI=1S/C18H19NO3/c1-21-15-10-13-8-9-19-18(20)17(12-6-4-3-5-7-12)14(13)11-16(15)22-2/h3-7,10-11,17H,8-9H2,1-2H3,(H,19,20). The first kappa shape index (κ1) is 14.4. The van der Waals surface area contributed by atoms with Crippen LogP contribution in [0.4, 0.5) is 0 Å². The summed E-state index contributed by atoms with van der Waals surface area (Å²) in [6.45, 7) is 0.630. The third kappa shape index (κ3) is 2.52. The van der Waals surface area contributed by atoms with Gasteiger partial charge >= 0.3 is 0 Å². The fourth-order valence-corrected chi connectivity index (χ4v) is 2.96. The molecule has 3 rings (SSSR count). The molecule has 0 saturated heterocycles. The number of hydrogen-bond acceptors (Lipinski definition) is 3. The number of carbonyl (C=O) groups is 1. The van der Waals surface area contributed by atoms with Crippen LogP contribution in [-0.2, 0) is 11.2 Å². The molecule has 114 valence electrons. The monoisotopic (exact) mass is 297 g/mol. The molecule has 0 saturated carbocycles. The number of hydrogen-bond donors (Lipinski definition) is 1. The largest absolute Gasteiger partial charge is 0.493 e. The average molecular weight is 297 g/mol. The molecule has 1 heterocycles. The van der Waals surface area contributed by atoms with Crippen molar-refractivity contribution in [2.75, 3.05) is 20.8 Å². The summed E-state index contributed by atoms with van der Waals surface area (Å²) >= 11 is 0. The summed E-state index contributed by atoms with van der Waals surface area (Å²) < 4.78 is 10.8. The number of rotatable bonds is 3. The predicted molar refractivity (Wildman–Crippen MR) is 84.5 cm³/mol. The van der Waals surface area contributed by atoms with Gasteiger partial charge in [-0.3, -0.25) is 4.79 Å². The van der Waals surface area contributed by atoms with Gasteiger partial charge in [-0.2, -0.15) is 0 Å².